The van der Waals surface area contributed by atoms with Crippen LogP contribution in [0, 0.1) is 5.92 Å². The Morgan fingerprint density at radius 3 is 2.53 bits per heavy atom. The van der Waals surface area contributed by atoms with E-state index >= 15 is 0 Å². The van der Waals surface area contributed by atoms with Crippen LogP contribution in [0.15, 0.2) is 46.9 Å². The summed E-state index contributed by atoms with van der Waals surface area (Å²) >= 11 is 6.50. The van der Waals surface area contributed by atoms with Crippen molar-refractivity contribution in [3.8, 4) is 0 Å². The Hall–Kier alpha value is -2.45. The monoisotopic (exact) mass is 446 g/mol. The average molecular weight is 447 g/mol. The fraction of sp³-hybridized carbons (Fsp3) is 0.364. The summed E-state index contributed by atoms with van der Waals surface area (Å²) in [7, 11) is 0. The maximum absolute atomic E-state index is 12.7. The molecule has 30 heavy (non-hydrogen) atoms. The maximum Gasteiger partial charge on any atom is 0.326 e. The van der Waals surface area contributed by atoms with Crippen molar-refractivity contribution >= 4 is 52.2 Å². The lowest BCUT2D eigenvalue weighted by molar-refractivity contribution is -0.142. The van der Waals surface area contributed by atoms with Crippen molar-refractivity contribution < 1.29 is 19.5 Å². The van der Waals surface area contributed by atoms with Gasteiger partial charge in [-0.25, -0.2) is 4.79 Å². The summed E-state index contributed by atoms with van der Waals surface area (Å²) in [4.78, 5) is 38.1. The van der Waals surface area contributed by atoms with Crippen LogP contribution in [0.4, 0.5) is 0 Å². The van der Waals surface area contributed by atoms with Gasteiger partial charge in [-0.05, 0) is 36.5 Å². The lowest BCUT2D eigenvalue weighted by Gasteiger charge is -2.18. The van der Waals surface area contributed by atoms with Crippen LogP contribution in [0.5, 0.6) is 0 Å². The highest BCUT2D eigenvalue weighted by atomic mass is 32.2. The molecule has 1 aromatic carbocycles. The number of carbonyl (C=O) groups is 3. The number of nitrogens with zero attached hydrogens (tertiary/aromatic N) is 1. The third-order valence-corrected chi connectivity index (χ3v) is 5.71. The standard InChI is InChI=1S/C22H26N2O4S2/c1-14(2)11-17(21(27)28)23-19(25)9-10-24-20(26)18(30-22(24)29)13-15(3)12-16-7-5-4-6-8-16/h4-8,12-14,17H,9-11H2,1-3H3,(H,23,25)(H,27,28). The second-order valence-corrected chi connectivity index (χ2v) is 9.15. The molecule has 8 heteroatoms. The smallest absolute Gasteiger partial charge is 0.326 e. The third-order valence-electron chi connectivity index (χ3n) is 4.33. The molecule has 1 aliphatic rings. The summed E-state index contributed by atoms with van der Waals surface area (Å²) in [6.45, 7) is 5.81. The molecule has 1 aromatic rings. The molecule has 6 nitrogen and oxygen atoms in total. The minimum absolute atomic E-state index is 0.0135. The summed E-state index contributed by atoms with van der Waals surface area (Å²) in [5.74, 6) is -1.58. The van der Waals surface area contributed by atoms with Crippen LogP contribution in [0.3, 0.4) is 0 Å². The molecule has 2 rings (SSSR count). The molecule has 1 unspecified atom stereocenters. The number of hydrogen-bond donors (Lipinski definition) is 2. The van der Waals surface area contributed by atoms with Gasteiger partial charge in [0.2, 0.25) is 5.91 Å². The molecule has 0 aliphatic carbocycles. The summed E-state index contributed by atoms with van der Waals surface area (Å²) in [5.41, 5.74) is 1.95. The van der Waals surface area contributed by atoms with Gasteiger partial charge in [-0.3, -0.25) is 14.5 Å². The number of amides is 2. The number of hydrogen-bond acceptors (Lipinski definition) is 5. The highest BCUT2D eigenvalue weighted by molar-refractivity contribution is 8.26. The number of aliphatic carboxylic acids is 1. The second-order valence-electron chi connectivity index (χ2n) is 7.47. The molecular formula is C22H26N2O4S2. The molecule has 2 N–H and O–H groups in total. The van der Waals surface area contributed by atoms with E-state index in [0.717, 1.165) is 11.1 Å². The minimum atomic E-state index is -1.06. The summed E-state index contributed by atoms with van der Waals surface area (Å²) in [5, 5.41) is 11.8. The molecule has 160 valence electrons. The minimum Gasteiger partial charge on any atom is -0.480 e. The number of carboxylic acid groups (broad SMARTS) is 1. The summed E-state index contributed by atoms with van der Waals surface area (Å²) in [6, 6.07) is 8.85. The number of carbonyl (C=O) groups excluding carboxylic acids is 2. The van der Waals surface area contributed by atoms with E-state index in [-0.39, 0.29) is 24.8 Å². The zero-order valence-electron chi connectivity index (χ0n) is 17.3. The molecule has 0 bridgehead atoms. The zero-order valence-corrected chi connectivity index (χ0v) is 18.9. The quantitative estimate of drug-likeness (QED) is 0.443. The van der Waals surface area contributed by atoms with Gasteiger partial charge in [-0.1, -0.05) is 74.2 Å². The molecule has 0 aromatic heterocycles. The van der Waals surface area contributed by atoms with Crippen LogP contribution in [-0.4, -0.2) is 44.7 Å². The molecule has 0 spiro atoms. The van der Waals surface area contributed by atoms with Crippen molar-refractivity contribution in [2.24, 2.45) is 5.92 Å². The first-order chi connectivity index (χ1) is 14.2. The molecule has 1 atom stereocenters. The zero-order chi connectivity index (χ0) is 22.3. The van der Waals surface area contributed by atoms with Gasteiger partial charge in [0.25, 0.3) is 5.91 Å². The van der Waals surface area contributed by atoms with Crippen molar-refractivity contribution in [2.45, 2.75) is 39.7 Å². The highest BCUT2D eigenvalue weighted by Crippen LogP contribution is 2.32. The first-order valence-corrected chi connectivity index (χ1v) is 10.9. The van der Waals surface area contributed by atoms with Gasteiger partial charge in [0, 0.05) is 13.0 Å². The molecule has 1 saturated heterocycles. The number of benzene rings is 1. The first kappa shape index (κ1) is 23.8. The molecule has 0 saturated carbocycles. The molecular weight excluding hydrogens is 420 g/mol. The third kappa shape index (κ3) is 7.11. The predicted octanol–water partition coefficient (Wildman–Crippen LogP) is 3.84. The number of allylic oxidation sites excluding steroid dienone is 2. The van der Waals surface area contributed by atoms with Crippen molar-refractivity contribution in [1.29, 1.82) is 0 Å². The Kier molecular flexibility index (Phi) is 8.80. The van der Waals surface area contributed by atoms with Crippen molar-refractivity contribution in [1.82, 2.24) is 10.2 Å². The Bertz CT molecular complexity index is 878. The number of nitrogens with one attached hydrogen (secondary N) is 1. The average Bonchev–Trinajstić information content (AvgIpc) is 2.92. The van der Waals surface area contributed by atoms with Crippen molar-refractivity contribution in [2.75, 3.05) is 6.54 Å². The van der Waals surface area contributed by atoms with E-state index in [0.29, 0.717) is 15.6 Å². The van der Waals surface area contributed by atoms with Gasteiger partial charge in [-0.15, -0.1) is 0 Å². The molecule has 1 fully saturated rings. The fourth-order valence-corrected chi connectivity index (χ4v) is 4.28. The van der Waals surface area contributed by atoms with Crippen molar-refractivity contribution in [3.05, 3.63) is 52.4 Å². The largest absolute Gasteiger partial charge is 0.480 e. The number of thioether (sulfide) groups is 1. The molecule has 2 amide bonds. The Morgan fingerprint density at radius 2 is 1.93 bits per heavy atom. The van der Waals surface area contributed by atoms with Crippen LogP contribution in [0.1, 0.15) is 39.2 Å². The summed E-state index contributed by atoms with van der Waals surface area (Å²) in [6.07, 6.45) is 4.09. The van der Waals surface area contributed by atoms with Gasteiger partial charge in [-0.2, -0.15) is 0 Å². The highest BCUT2D eigenvalue weighted by Gasteiger charge is 2.32. The van der Waals surface area contributed by atoms with Gasteiger partial charge < -0.3 is 10.4 Å². The lowest BCUT2D eigenvalue weighted by atomic mass is 10.0. The number of rotatable bonds is 9. The van der Waals surface area contributed by atoms with E-state index < -0.39 is 17.9 Å². The van der Waals surface area contributed by atoms with E-state index in [2.05, 4.69) is 5.32 Å². The van der Waals surface area contributed by atoms with Gasteiger partial charge >= 0.3 is 5.97 Å². The van der Waals surface area contributed by atoms with Crippen LogP contribution < -0.4 is 5.32 Å². The predicted molar refractivity (Wildman–Crippen MR) is 124 cm³/mol. The van der Waals surface area contributed by atoms with Gasteiger partial charge in [0.15, 0.2) is 0 Å². The molecule has 0 radical (unpaired) electrons. The van der Waals surface area contributed by atoms with Gasteiger partial charge in [0.05, 0.1) is 4.91 Å². The van der Waals surface area contributed by atoms with E-state index in [1.807, 2.05) is 57.2 Å². The van der Waals surface area contributed by atoms with Gasteiger partial charge in [0.1, 0.15) is 10.4 Å². The van der Waals surface area contributed by atoms with Crippen molar-refractivity contribution in [3.63, 3.8) is 0 Å². The van der Waals surface area contributed by atoms with E-state index in [4.69, 9.17) is 12.2 Å². The Morgan fingerprint density at radius 1 is 1.27 bits per heavy atom. The van der Waals surface area contributed by atoms with E-state index in [1.165, 1.54) is 16.7 Å². The lowest BCUT2D eigenvalue weighted by Crippen LogP contribution is -2.43. The maximum atomic E-state index is 12.7. The Labute approximate surface area is 186 Å². The van der Waals surface area contributed by atoms with Crippen LogP contribution in [0.25, 0.3) is 6.08 Å². The summed E-state index contributed by atoms with van der Waals surface area (Å²) < 4.78 is 0.392. The SMILES string of the molecule is CC(=Cc1ccccc1)C=C1SC(=S)N(CCC(=O)NC(CC(C)C)C(=O)O)C1=O. The van der Waals surface area contributed by atoms with Crippen LogP contribution in [0.2, 0.25) is 0 Å². The molecule has 1 aliphatic heterocycles. The normalized spacial score (nSPS) is 17.0. The van der Waals surface area contributed by atoms with E-state index in [9.17, 15) is 19.5 Å². The Balaban J connectivity index is 1.97. The van der Waals surface area contributed by atoms with Crippen LogP contribution >= 0.6 is 24.0 Å². The van der Waals surface area contributed by atoms with Crippen LogP contribution in [-0.2, 0) is 14.4 Å². The number of carboxylic acids is 1. The fourth-order valence-electron chi connectivity index (χ4n) is 2.93. The van der Waals surface area contributed by atoms with E-state index in [1.54, 1.807) is 6.08 Å². The topological polar surface area (TPSA) is 86.7 Å². The molecule has 1 heterocycles. The first-order valence-electron chi connectivity index (χ1n) is 9.68. The second kappa shape index (κ2) is 11.1. The number of thiocarbonyl (C=S) groups is 1.